The van der Waals surface area contributed by atoms with Gasteiger partial charge in [0.2, 0.25) is 0 Å². The van der Waals surface area contributed by atoms with Crippen molar-refractivity contribution in [2.75, 3.05) is 12.4 Å². The standard InChI is InChI=1S/C15H15Cl2NO/c1-10-7-13(5-6-15(10)19-2)18-9-11-3-4-12(16)8-14(11)17/h3-8,18H,9H2,1-2H3. The Kier molecular flexibility index (Phi) is 4.56. The van der Waals surface area contributed by atoms with Gasteiger partial charge in [0, 0.05) is 22.3 Å². The van der Waals surface area contributed by atoms with Crippen molar-refractivity contribution in [3.8, 4) is 5.75 Å². The summed E-state index contributed by atoms with van der Waals surface area (Å²) in [7, 11) is 1.67. The molecule has 0 bridgehead atoms. The average molecular weight is 296 g/mol. The molecule has 0 aliphatic heterocycles. The van der Waals surface area contributed by atoms with Gasteiger partial charge in [0.05, 0.1) is 7.11 Å². The van der Waals surface area contributed by atoms with Gasteiger partial charge in [-0.05, 0) is 48.4 Å². The van der Waals surface area contributed by atoms with Crippen LogP contribution < -0.4 is 10.1 Å². The smallest absolute Gasteiger partial charge is 0.121 e. The molecule has 0 spiro atoms. The molecule has 19 heavy (non-hydrogen) atoms. The summed E-state index contributed by atoms with van der Waals surface area (Å²) < 4.78 is 5.23. The molecule has 100 valence electrons. The summed E-state index contributed by atoms with van der Waals surface area (Å²) in [6.07, 6.45) is 0. The number of rotatable bonds is 4. The number of hydrogen-bond acceptors (Lipinski definition) is 2. The van der Waals surface area contributed by atoms with E-state index >= 15 is 0 Å². The van der Waals surface area contributed by atoms with E-state index in [2.05, 4.69) is 5.32 Å². The molecular formula is C15H15Cl2NO. The minimum Gasteiger partial charge on any atom is -0.496 e. The molecule has 0 heterocycles. The molecule has 0 aliphatic carbocycles. The largest absolute Gasteiger partial charge is 0.496 e. The molecular weight excluding hydrogens is 281 g/mol. The Morgan fingerprint density at radius 3 is 2.53 bits per heavy atom. The lowest BCUT2D eigenvalue weighted by Crippen LogP contribution is -2.00. The zero-order chi connectivity index (χ0) is 13.8. The van der Waals surface area contributed by atoms with Gasteiger partial charge < -0.3 is 10.1 Å². The fourth-order valence-electron chi connectivity index (χ4n) is 1.85. The summed E-state index contributed by atoms with van der Waals surface area (Å²) >= 11 is 12.0. The van der Waals surface area contributed by atoms with E-state index in [9.17, 15) is 0 Å². The summed E-state index contributed by atoms with van der Waals surface area (Å²) in [6.45, 7) is 2.67. The Hall–Kier alpha value is -1.38. The van der Waals surface area contributed by atoms with E-state index in [1.807, 2.05) is 37.3 Å². The highest BCUT2D eigenvalue weighted by atomic mass is 35.5. The Morgan fingerprint density at radius 1 is 1.11 bits per heavy atom. The van der Waals surface area contributed by atoms with E-state index in [0.29, 0.717) is 16.6 Å². The number of ether oxygens (including phenoxy) is 1. The Bertz CT molecular complexity index is 584. The molecule has 0 aromatic heterocycles. The summed E-state index contributed by atoms with van der Waals surface area (Å²) in [5.41, 5.74) is 3.14. The number of anilines is 1. The molecule has 0 fully saturated rings. The van der Waals surface area contributed by atoms with Crippen LogP contribution in [0.2, 0.25) is 10.0 Å². The number of hydrogen-bond donors (Lipinski definition) is 1. The van der Waals surface area contributed by atoms with Crippen molar-refractivity contribution >= 4 is 28.9 Å². The first-order chi connectivity index (χ1) is 9.10. The van der Waals surface area contributed by atoms with Crippen molar-refractivity contribution in [1.29, 1.82) is 0 Å². The molecule has 0 atom stereocenters. The van der Waals surface area contributed by atoms with Crippen LogP contribution in [-0.2, 0) is 6.54 Å². The van der Waals surface area contributed by atoms with Gasteiger partial charge in [0.25, 0.3) is 0 Å². The normalized spacial score (nSPS) is 10.3. The minimum absolute atomic E-state index is 0.647. The summed E-state index contributed by atoms with van der Waals surface area (Å²) in [5.74, 6) is 0.884. The second kappa shape index (κ2) is 6.18. The van der Waals surface area contributed by atoms with E-state index in [4.69, 9.17) is 27.9 Å². The number of methoxy groups -OCH3 is 1. The third kappa shape index (κ3) is 3.55. The third-order valence-corrected chi connectivity index (χ3v) is 3.48. The van der Waals surface area contributed by atoms with Gasteiger partial charge >= 0.3 is 0 Å². The fourth-order valence-corrected chi connectivity index (χ4v) is 2.33. The molecule has 2 aromatic rings. The van der Waals surface area contributed by atoms with Crippen molar-refractivity contribution in [2.45, 2.75) is 13.5 Å². The molecule has 4 heteroatoms. The number of halogens is 2. The maximum Gasteiger partial charge on any atom is 0.121 e. The van der Waals surface area contributed by atoms with Crippen LogP contribution in [0.1, 0.15) is 11.1 Å². The molecule has 0 amide bonds. The van der Waals surface area contributed by atoms with Crippen LogP contribution in [0.3, 0.4) is 0 Å². The predicted octanol–water partition coefficient (Wildman–Crippen LogP) is 4.92. The highest BCUT2D eigenvalue weighted by molar-refractivity contribution is 6.35. The van der Waals surface area contributed by atoms with Crippen molar-refractivity contribution in [1.82, 2.24) is 0 Å². The van der Waals surface area contributed by atoms with E-state index in [1.165, 1.54) is 0 Å². The molecule has 2 rings (SSSR count). The molecule has 0 saturated carbocycles. The molecule has 2 nitrogen and oxygen atoms in total. The van der Waals surface area contributed by atoms with E-state index in [-0.39, 0.29) is 0 Å². The van der Waals surface area contributed by atoms with E-state index in [1.54, 1.807) is 13.2 Å². The minimum atomic E-state index is 0.647. The Labute approximate surface area is 123 Å². The summed E-state index contributed by atoms with van der Waals surface area (Å²) in [5, 5.41) is 4.65. The summed E-state index contributed by atoms with van der Waals surface area (Å²) in [4.78, 5) is 0. The van der Waals surface area contributed by atoms with Crippen LogP contribution in [0.5, 0.6) is 5.75 Å². The van der Waals surface area contributed by atoms with Gasteiger partial charge in [-0.15, -0.1) is 0 Å². The number of aryl methyl sites for hydroxylation is 1. The molecule has 1 N–H and O–H groups in total. The van der Waals surface area contributed by atoms with Crippen LogP contribution in [0.4, 0.5) is 5.69 Å². The van der Waals surface area contributed by atoms with Crippen LogP contribution in [0.25, 0.3) is 0 Å². The number of nitrogens with one attached hydrogen (secondary N) is 1. The van der Waals surface area contributed by atoms with Crippen molar-refractivity contribution in [2.24, 2.45) is 0 Å². The van der Waals surface area contributed by atoms with Crippen LogP contribution in [-0.4, -0.2) is 7.11 Å². The van der Waals surface area contributed by atoms with Crippen LogP contribution in [0.15, 0.2) is 36.4 Å². The van der Waals surface area contributed by atoms with Gasteiger partial charge in [-0.3, -0.25) is 0 Å². The van der Waals surface area contributed by atoms with Gasteiger partial charge in [-0.1, -0.05) is 29.3 Å². The van der Waals surface area contributed by atoms with Gasteiger partial charge in [-0.2, -0.15) is 0 Å². The predicted molar refractivity (Wildman–Crippen MR) is 81.5 cm³/mol. The van der Waals surface area contributed by atoms with Crippen molar-refractivity contribution in [3.05, 3.63) is 57.6 Å². The fraction of sp³-hybridized carbons (Fsp3) is 0.200. The maximum atomic E-state index is 6.13. The first-order valence-electron chi connectivity index (χ1n) is 5.92. The second-order valence-corrected chi connectivity index (χ2v) is 5.12. The monoisotopic (exact) mass is 295 g/mol. The van der Waals surface area contributed by atoms with Crippen molar-refractivity contribution in [3.63, 3.8) is 0 Å². The average Bonchev–Trinajstić information content (AvgIpc) is 2.38. The topological polar surface area (TPSA) is 21.3 Å². The Balaban J connectivity index is 2.08. The first kappa shape index (κ1) is 14.0. The molecule has 0 saturated heterocycles. The SMILES string of the molecule is COc1ccc(NCc2ccc(Cl)cc2Cl)cc1C. The third-order valence-electron chi connectivity index (χ3n) is 2.89. The second-order valence-electron chi connectivity index (χ2n) is 4.27. The van der Waals surface area contributed by atoms with Gasteiger partial charge in [0.15, 0.2) is 0 Å². The number of benzene rings is 2. The zero-order valence-corrected chi connectivity index (χ0v) is 12.3. The first-order valence-corrected chi connectivity index (χ1v) is 6.68. The highest BCUT2D eigenvalue weighted by Crippen LogP contribution is 2.24. The Morgan fingerprint density at radius 2 is 1.89 bits per heavy atom. The van der Waals surface area contributed by atoms with E-state index in [0.717, 1.165) is 22.6 Å². The van der Waals surface area contributed by atoms with Crippen LogP contribution >= 0.6 is 23.2 Å². The summed E-state index contributed by atoms with van der Waals surface area (Å²) in [6, 6.07) is 11.5. The maximum absolute atomic E-state index is 6.13. The molecule has 0 aliphatic rings. The van der Waals surface area contributed by atoms with Gasteiger partial charge in [0.1, 0.15) is 5.75 Å². The molecule has 2 aromatic carbocycles. The zero-order valence-electron chi connectivity index (χ0n) is 10.8. The highest BCUT2D eigenvalue weighted by Gasteiger charge is 2.03. The lowest BCUT2D eigenvalue weighted by atomic mass is 10.2. The quantitative estimate of drug-likeness (QED) is 0.864. The molecule has 0 unspecified atom stereocenters. The van der Waals surface area contributed by atoms with Crippen molar-refractivity contribution < 1.29 is 4.74 Å². The lowest BCUT2D eigenvalue weighted by Gasteiger charge is -2.11. The van der Waals surface area contributed by atoms with Gasteiger partial charge in [-0.25, -0.2) is 0 Å². The van der Waals surface area contributed by atoms with E-state index < -0.39 is 0 Å². The lowest BCUT2D eigenvalue weighted by molar-refractivity contribution is 0.412. The molecule has 0 radical (unpaired) electrons. The van der Waals surface area contributed by atoms with Crippen LogP contribution in [0, 0.1) is 6.92 Å².